The third-order valence-electron chi connectivity index (χ3n) is 7.49. The van der Waals surface area contributed by atoms with Gasteiger partial charge in [-0.25, -0.2) is 0 Å². The van der Waals surface area contributed by atoms with E-state index in [9.17, 15) is 5.11 Å². The minimum Gasteiger partial charge on any atom is -0.490 e. The molecule has 0 spiro atoms. The number of benzene rings is 2. The van der Waals surface area contributed by atoms with Crippen molar-refractivity contribution < 1.29 is 9.84 Å². The van der Waals surface area contributed by atoms with Gasteiger partial charge in [0.2, 0.25) is 0 Å². The molecule has 0 radical (unpaired) electrons. The lowest BCUT2D eigenvalue weighted by molar-refractivity contribution is 0.154. The minimum atomic E-state index is 0.226. The van der Waals surface area contributed by atoms with E-state index in [4.69, 9.17) is 4.74 Å². The first-order valence-corrected chi connectivity index (χ1v) is 12.0. The summed E-state index contributed by atoms with van der Waals surface area (Å²) in [7, 11) is 0. The van der Waals surface area contributed by atoms with Crippen LogP contribution >= 0.6 is 0 Å². The smallest absolute Gasteiger partial charge is 0.120 e. The fourth-order valence-electron chi connectivity index (χ4n) is 5.60. The average Bonchev–Trinajstić information content (AvgIpc) is 3.19. The molecule has 2 aliphatic carbocycles. The van der Waals surface area contributed by atoms with E-state index in [1.807, 2.05) is 0 Å². The van der Waals surface area contributed by atoms with Crippen LogP contribution in [0.5, 0.6) is 5.75 Å². The Balaban J connectivity index is 1.28. The van der Waals surface area contributed by atoms with Crippen molar-refractivity contribution >= 4 is 10.9 Å². The number of hydrogen-bond acceptors (Lipinski definition) is 3. The molecule has 1 aromatic heterocycles. The number of aliphatic hydroxyl groups is 1. The van der Waals surface area contributed by atoms with E-state index in [2.05, 4.69) is 58.1 Å². The lowest BCUT2D eigenvalue weighted by atomic mass is 10.1. The Hall–Kier alpha value is -2.30. The van der Waals surface area contributed by atoms with Crippen LogP contribution in [-0.2, 0) is 25.9 Å². The summed E-state index contributed by atoms with van der Waals surface area (Å²) >= 11 is 0. The van der Waals surface area contributed by atoms with Crippen molar-refractivity contribution in [3.05, 3.63) is 65.4 Å². The van der Waals surface area contributed by atoms with Crippen LogP contribution in [0.3, 0.4) is 0 Å². The molecule has 3 aliphatic rings. The Morgan fingerprint density at radius 2 is 1.81 bits per heavy atom. The Kier molecular flexibility index (Phi) is 5.00. The third-order valence-corrected chi connectivity index (χ3v) is 7.49. The molecule has 0 bridgehead atoms. The zero-order valence-corrected chi connectivity index (χ0v) is 18.2. The van der Waals surface area contributed by atoms with Crippen LogP contribution in [0.4, 0.5) is 0 Å². The monoisotopic (exact) mass is 416 g/mol. The first kappa shape index (κ1) is 19.4. The second-order valence-corrected chi connectivity index (χ2v) is 9.79. The van der Waals surface area contributed by atoms with Crippen molar-refractivity contribution in [2.45, 2.75) is 63.8 Å². The highest BCUT2D eigenvalue weighted by Gasteiger charge is 2.27. The highest BCUT2D eigenvalue weighted by Crippen LogP contribution is 2.35. The SMILES string of the molecule is OC[C@@H]1CCCN1Cc1cn(CC2CC2)c2ccc(OC3Cc4ccccc4C3)cc12. The standard InChI is InChI=1S/C27H32N2O2/c30-18-23-6-3-11-28(23)16-22-17-29(15-19-7-8-19)27-10-9-24(14-26(22)27)31-25-12-20-4-1-2-5-21(20)13-25/h1-2,4-5,9-10,14,17,19,23,25,30H,3,6-8,11-13,15-16,18H2/t23-/m0/s1. The molecule has 2 aromatic carbocycles. The molecule has 162 valence electrons. The van der Waals surface area contributed by atoms with E-state index in [1.54, 1.807) is 0 Å². The summed E-state index contributed by atoms with van der Waals surface area (Å²) < 4.78 is 8.93. The number of hydrogen-bond donors (Lipinski definition) is 1. The normalized spacial score (nSPS) is 21.8. The second-order valence-electron chi connectivity index (χ2n) is 9.79. The number of ether oxygens (including phenoxy) is 1. The van der Waals surface area contributed by atoms with Crippen LogP contribution in [0.2, 0.25) is 0 Å². The Labute approximate surface area is 184 Å². The molecule has 1 N–H and O–H groups in total. The number of likely N-dealkylation sites (tertiary alicyclic amines) is 1. The van der Waals surface area contributed by atoms with E-state index < -0.39 is 0 Å². The van der Waals surface area contributed by atoms with Gasteiger partial charge in [-0.1, -0.05) is 24.3 Å². The summed E-state index contributed by atoms with van der Waals surface area (Å²) in [4.78, 5) is 2.46. The number of rotatable bonds is 7. The number of nitrogens with zero attached hydrogens (tertiary/aromatic N) is 2. The molecule has 1 atom stereocenters. The van der Waals surface area contributed by atoms with E-state index in [-0.39, 0.29) is 12.7 Å². The van der Waals surface area contributed by atoms with Crippen molar-refractivity contribution in [1.82, 2.24) is 9.47 Å². The zero-order valence-electron chi connectivity index (χ0n) is 18.2. The van der Waals surface area contributed by atoms with E-state index >= 15 is 0 Å². The van der Waals surface area contributed by atoms with Gasteiger partial charge >= 0.3 is 0 Å². The van der Waals surface area contributed by atoms with E-state index in [0.29, 0.717) is 6.04 Å². The van der Waals surface area contributed by atoms with Gasteiger partial charge in [0.25, 0.3) is 0 Å². The third kappa shape index (κ3) is 3.88. The molecule has 6 rings (SSSR count). The molecule has 1 saturated heterocycles. The molecular weight excluding hydrogens is 384 g/mol. The second kappa shape index (κ2) is 7.99. The zero-order chi connectivity index (χ0) is 20.8. The van der Waals surface area contributed by atoms with Gasteiger partial charge in [0, 0.05) is 49.1 Å². The van der Waals surface area contributed by atoms with Gasteiger partial charge in [0.1, 0.15) is 11.9 Å². The predicted molar refractivity (Wildman–Crippen MR) is 123 cm³/mol. The van der Waals surface area contributed by atoms with Crippen LogP contribution in [0.1, 0.15) is 42.4 Å². The Morgan fingerprint density at radius 3 is 2.55 bits per heavy atom. The minimum absolute atomic E-state index is 0.226. The highest BCUT2D eigenvalue weighted by atomic mass is 16.5. The summed E-state index contributed by atoms with van der Waals surface area (Å²) in [5.74, 6) is 1.82. The van der Waals surface area contributed by atoms with Gasteiger partial charge in [0.15, 0.2) is 0 Å². The van der Waals surface area contributed by atoms with Crippen molar-refractivity contribution in [3.8, 4) is 5.75 Å². The van der Waals surface area contributed by atoms with Crippen molar-refractivity contribution in [3.63, 3.8) is 0 Å². The molecule has 0 unspecified atom stereocenters. The van der Waals surface area contributed by atoms with Crippen LogP contribution in [0.25, 0.3) is 10.9 Å². The topological polar surface area (TPSA) is 37.6 Å². The Bertz CT molecular complexity index is 1060. The summed E-state index contributed by atoms with van der Waals surface area (Å²) in [6.45, 7) is 3.38. The number of aromatic nitrogens is 1. The molecule has 31 heavy (non-hydrogen) atoms. The van der Waals surface area contributed by atoms with Gasteiger partial charge in [0.05, 0.1) is 6.61 Å². The molecule has 0 amide bonds. The van der Waals surface area contributed by atoms with Crippen LogP contribution in [0.15, 0.2) is 48.7 Å². The largest absolute Gasteiger partial charge is 0.490 e. The first-order valence-electron chi connectivity index (χ1n) is 12.0. The quantitative estimate of drug-likeness (QED) is 0.614. The van der Waals surface area contributed by atoms with Crippen molar-refractivity contribution in [2.24, 2.45) is 5.92 Å². The van der Waals surface area contributed by atoms with E-state index in [1.165, 1.54) is 46.9 Å². The molecule has 4 heteroatoms. The van der Waals surface area contributed by atoms with Gasteiger partial charge in [-0.15, -0.1) is 0 Å². The predicted octanol–water partition coefficient (Wildman–Crippen LogP) is 4.55. The summed E-state index contributed by atoms with van der Waals surface area (Å²) in [5, 5.41) is 11.1. The van der Waals surface area contributed by atoms with Crippen molar-refractivity contribution in [2.75, 3.05) is 13.2 Å². The Morgan fingerprint density at radius 1 is 1.00 bits per heavy atom. The molecule has 1 aliphatic heterocycles. The summed E-state index contributed by atoms with van der Waals surface area (Å²) in [5.41, 5.74) is 5.54. The van der Waals surface area contributed by atoms with Crippen molar-refractivity contribution in [1.29, 1.82) is 0 Å². The fraction of sp³-hybridized carbons (Fsp3) is 0.481. The van der Waals surface area contributed by atoms with E-state index in [0.717, 1.165) is 50.6 Å². The molecule has 1 saturated carbocycles. The van der Waals surface area contributed by atoms with Gasteiger partial charge < -0.3 is 14.4 Å². The van der Waals surface area contributed by atoms with Crippen LogP contribution in [-0.4, -0.2) is 39.9 Å². The summed E-state index contributed by atoms with van der Waals surface area (Å²) in [6.07, 6.45) is 9.59. The number of fused-ring (bicyclic) bond motifs is 2. The highest BCUT2D eigenvalue weighted by molar-refractivity contribution is 5.85. The van der Waals surface area contributed by atoms with Crippen LogP contribution < -0.4 is 4.74 Å². The van der Waals surface area contributed by atoms with Gasteiger partial charge in [-0.2, -0.15) is 0 Å². The lowest BCUT2D eigenvalue weighted by Gasteiger charge is -2.22. The first-order chi connectivity index (χ1) is 15.3. The molecule has 3 aromatic rings. The average molecular weight is 417 g/mol. The molecular formula is C27H32N2O2. The van der Waals surface area contributed by atoms with Gasteiger partial charge in [-0.3, -0.25) is 4.90 Å². The molecule has 4 nitrogen and oxygen atoms in total. The molecule has 2 fully saturated rings. The maximum atomic E-state index is 9.77. The molecule has 2 heterocycles. The summed E-state index contributed by atoms with van der Waals surface area (Å²) in [6, 6.07) is 15.7. The fourth-order valence-corrected chi connectivity index (χ4v) is 5.60. The number of aliphatic hydroxyl groups excluding tert-OH is 1. The van der Waals surface area contributed by atoms with Gasteiger partial charge in [-0.05, 0) is 73.0 Å². The lowest BCUT2D eigenvalue weighted by Crippen LogP contribution is -2.31. The maximum Gasteiger partial charge on any atom is 0.120 e. The van der Waals surface area contributed by atoms with Crippen LogP contribution in [0, 0.1) is 5.92 Å². The maximum absolute atomic E-state index is 9.77.